The van der Waals surface area contributed by atoms with Gasteiger partial charge in [-0.3, -0.25) is 4.90 Å². The Kier molecular flexibility index (Phi) is 5.90. The van der Waals surface area contributed by atoms with Crippen molar-refractivity contribution < 1.29 is 14.9 Å². The van der Waals surface area contributed by atoms with E-state index < -0.39 is 11.7 Å². The molecule has 1 aromatic carbocycles. The first kappa shape index (κ1) is 20.6. The zero-order valence-corrected chi connectivity index (χ0v) is 17.7. The number of nitrogens with zero attached hydrogens (tertiary/aromatic N) is 1. The predicted molar refractivity (Wildman–Crippen MR) is 109 cm³/mol. The first-order valence-electron chi connectivity index (χ1n) is 10.5. The summed E-state index contributed by atoms with van der Waals surface area (Å²) in [7, 11) is 0. The van der Waals surface area contributed by atoms with Crippen molar-refractivity contribution in [3.8, 4) is 5.75 Å². The summed E-state index contributed by atoms with van der Waals surface area (Å²) in [5.74, 6) is 0.840. The third-order valence-electron chi connectivity index (χ3n) is 6.95. The number of aryl methyl sites for hydroxylation is 2. The molecule has 1 aliphatic heterocycles. The fourth-order valence-corrected chi connectivity index (χ4v) is 4.64. The Morgan fingerprint density at radius 2 is 1.70 bits per heavy atom. The number of aliphatic hydroxyl groups excluding tert-OH is 1. The highest BCUT2D eigenvalue weighted by molar-refractivity contribution is 5.44. The summed E-state index contributed by atoms with van der Waals surface area (Å²) in [4.78, 5) is 2.39. The SMILES string of the molecule is Cc1ccc(C)c(OC[C@@]2(O)CN(C3CCC(C)(C)CC3)CC[C@@H]2O)c1C. The molecule has 1 aliphatic carbocycles. The van der Waals surface area contributed by atoms with Crippen molar-refractivity contribution in [2.75, 3.05) is 19.7 Å². The Balaban J connectivity index is 1.67. The summed E-state index contributed by atoms with van der Waals surface area (Å²) in [6, 6.07) is 4.66. The van der Waals surface area contributed by atoms with Crippen molar-refractivity contribution in [1.29, 1.82) is 0 Å². The lowest BCUT2D eigenvalue weighted by Crippen LogP contribution is -2.62. The molecule has 4 nitrogen and oxygen atoms in total. The van der Waals surface area contributed by atoms with Gasteiger partial charge in [0.05, 0.1) is 6.10 Å². The van der Waals surface area contributed by atoms with Gasteiger partial charge in [-0.15, -0.1) is 0 Å². The number of ether oxygens (including phenoxy) is 1. The van der Waals surface area contributed by atoms with E-state index in [1.54, 1.807) is 0 Å². The second-order valence-corrected chi connectivity index (χ2v) is 9.72. The third kappa shape index (κ3) is 4.49. The number of likely N-dealkylation sites (tertiary alicyclic amines) is 1. The zero-order valence-electron chi connectivity index (χ0n) is 17.7. The van der Waals surface area contributed by atoms with Crippen LogP contribution in [0.4, 0.5) is 0 Å². The van der Waals surface area contributed by atoms with Crippen LogP contribution in [0.2, 0.25) is 0 Å². The molecule has 0 amide bonds. The summed E-state index contributed by atoms with van der Waals surface area (Å²) in [6.07, 6.45) is 4.68. The van der Waals surface area contributed by atoms with Crippen LogP contribution in [0.25, 0.3) is 0 Å². The average Bonchev–Trinajstić information content (AvgIpc) is 2.61. The maximum absolute atomic E-state index is 11.2. The Bertz CT molecular complexity index is 662. The third-order valence-corrected chi connectivity index (χ3v) is 6.95. The van der Waals surface area contributed by atoms with Gasteiger partial charge in [-0.05, 0) is 75.0 Å². The van der Waals surface area contributed by atoms with Gasteiger partial charge >= 0.3 is 0 Å². The van der Waals surface area contributed by atoms with Crippen molar-refractivity contribution in [2.45, 2.75) is 84.5 Å². The molecule has 4 heteroatoms. The molecule has 2 fully saturated rings. The standard InChI is InChI=1S/C23H37NO3/c1-16-6-7-17(2)21(18(16)3)27-15-23(26)14-24(13-10-20(23)25)19-8-11-22(4,5)12-9-19/h6-7,19-20,25-26H,8-15H2,1-5H3/t20-,23-/m0/s1. The Labute approximate surface area is 164 Å². The van der Waals surface area contributed by atoms with Crippen molar-refractivity contribution in [3.05, 3.63) is 28.8 Å². The molecule has 1 saturated heterocycles. The number of aliphatic hydroxyl groups is 2. The maximum atomic E-state index is 11.2. The van der Waals surface area contributed by atoms with Gasteiger partial charge in [0, 0.05) is 19.1 Å². The van der Waals surface area contributed by atoms with E-state index in [9.17, 15) is 10.2 Å². The van der Waals surface area contributed by atoms with Gasteiger partial charge in [-0.2, -0.15) is 0 Å². The molecular weight excluding hydrogens is 338 g/mol. The van der Waals surface area contributed by atoms with Gasteiger partial charge in [-0.25, -0.2) is 0 Å². The molecule has 1 aromatic rings. The smallest absolute Gasteiger partial charge is 0.137 e. The second-order valence-electron chi connectivity index (χ2n) is 9.72. The molecule has 152 valence electrons. The molecule has 0 bridgehead atoms. The molecule has 2 atom stereocenters. The number of rotatable bonds is 4. The van der Waals surface area contributed by atoms with Gasteiger partial charge in [-0.1, -0.05) is 26.0 Å². The highest BCUT2D eigenvalue weighted by Crippen LogP contribution is 2.38. The quantitative estimate of drug-likeness (QED) is 0.841. The monoisotopic (exact) mass is 375 g/mol. The van der Waals surface area contributed by atoms with Gasteiger partial charge in [0.2, 0.25) is 0 Å². The van der Waals surface area contributed by atoms with Crippen LogP contribution in [0.1, 0.15) is 62.6 Å². The highest BCUT2D eigenvalue weighted by Gasteiger charge is 2.44. The lowest BCUT2D eigenvalue weighted by atomic mass is 9.74. The molecule has 27 heavy (non-hydrogen) atoms. The van der Waals surface area contributed by atoms with Gasteiger partial charge in [0.1, 0.15) is 18.0 Å². The van der Waals surface area contributed by atoms with E-state index in [2.05, 4.69) is 44.7 Å². The predicted octanol–water partition coefficient (Wildman–Crippen LogP) is 3.76. The number of piperidine rings is 1. The van der Waals surface area contributed by atoms with E-state index in [4.69, 9.17) is 4.74 Å². The van der Waals surface area contributed by atoms with Crippen LogP contribution in [0.15, 0.2) is 12.1 Å². The molecule has 0 aromatic heterocycles. The van der Waals surface area contributed by atoms with Crippen LogP contribution in [0.5, 0.6) is 5.75 Å². The van der Waals surface area contributed by atoms with Crippen LogP contribution in [-0.2, 0) is 0 Å². The lowest BCUT2D eigenvalue weighted by molar-refractivity contribution is -0.148. The van der Waals surface area contributed by atoms with E-state index in [1.165, 1.54) is 31.2 Å². The van der Waals surface area contributed by atoms with Gasteiger partial charge < -0.3 is 14.9 Å². The number of β-amino-alcohol motifs (C(OH)–C–C–N with tert-alkyl or cyclic N) is 1. The van der Waals surface area contributed by atoms with Crippen molar-refractivity contribution in [3.63, 3.8) is 0 Å². The normalized spacial score (nSPS) is 29.7. The fraction of sp³-hybridized carbons (Fsp3) is 0.739. The number of hydrogen-bond acceptors (Lipinski definition) is 4. The Hall–Kier alpha value is -1.10. The minimum absolute atomic E-state index is 0.133. The molecule has 0 spiro atoms. The number of hydrogen-bond donors (Lipinski definition) is 2. The largest absolute Gasteiger partial charge is 0.490 e. The van der Waals surface area contributed by atoms with E-state index >= 15 is 0 Å². The Morgan fingerprint density at radius 1 is 1.07 bits per heavy atom. The fourth-order valence-electron chi connectivity index (χ4n) is 4.64. The van der Waals surface area contributed by atoms with Crippen LogP contribution >= 0.6 is 0 Å². The first-order chi connectivity index (χ1) is 12.6. The topological polar surface area (TPSA) is 52.9 Å². The van der Waals surface area contributed by atoms with Crippen LogP contribution in [0.3, 0.4) is 0 Å². The molecule has 3 rings (SSSR count). The highest BCUT2D eigenvalue weighted by atomic mass is 16.5. The minimum atomic E-state index is -1.21. The molecule has 1 saturated carbocycles. The van der Waals surface area contributed by atoms with E-state index in [0.29, 0.717) is 24.4 Å². The summed E-state index contributed by atoms with van der Waals surface area (Å²) < 4.78 is 6.09. The first-order valence-corrected chi connectivity index (χ1v) is 10.5. The second kappa shape index (κ2) is 7.73. The molecule has 2 N–H and O–H groups in total. The minimum Gasteiger partial charge on any atom is -0.490 e. The molecular formula is C23H37NO3. The van der Waals surface area contributed by atoms with Crippen LogP contribution < -0.4 is 4.74 Å². The summed E-state index contributed by atoms with van der Waals surface area (Å²) in [5.41, 5.74) is 2.58. The van der Waals surface area contributed by atoms with Crippen LogP contribution in [0, 0.1) is 26.2 Å². The van der Waals surface area contributed by atoms with Crippen molar-refractivity contribution >= 4 is 0 Å². The van der Waals surface area contributed by atoms with E-state index in [1.807, 2.05) is 6.92 Å². The average molecular weight is 376 g/mol. The molecule has 2 aliphatic rings. The van der Waals surface area contributed by atoms with Gasteiger partial charge in [0.25, 0.3) is 0 Å². The summed E-state index contributed by atoms with van der Waals surface area (Å²) in [5, 5.41) is 21.8. The lowest BCUT2D eigenvalue weighted by Gasteiger charge is -2.47. The van der Waals surface area contributed by atoms with Crippen LogP contribution in [-0.4, -0.2) is 52.6 Å². The summed E-state index contributed by atoms with van der Waals surface area (Å²) in [6.45, 7) is 12.3. The molecule has 0 unspecified atom stereocenters. The van der Waals surface area contributed by atoms with E-state index in [0.717, 1.165) is 23.4 Å². The molecule has 1 heterocycles. The zero-order chi connectivity index (χ0) is 19.8. The maximum Gasteiger partial charge on any atom is 0.137 e. The summed E-state index contributed by atoms with van der Waals surface area (Å²) >= 11 is 0. The molecule has 0 radical (unpaired) electrons. The van der Waals surface area contributed by atoms with Crippen molar-refractivity contribution in [1.82, 2.24) is 4.90 Å². The van der Waals surface area contributed by atoms with Gasteiger partial charge in [0.15, 0.2) is 0 Å². The Morgan fingerprint density at radius 3 is 2.37 bits per heavy atom. The number of benzene rings is 1. The van der Waals surface area contributed by atoms with E-state index in [-0.39, 0.29) is 6.61 Å². The van der Waals surface area contributed by atoms with Crippen molar-refractivity contribution in [2.24, 2.45) is 5.41 Å².